The third kappa shape index (κ3) is 1.12. The fourth-order valence-electron chi connectivity index (χ4n) is 1.64. The molecule has 0 saturated heterocycles. The highest BCUT2D eigenvalue weighted by molar-refractivity contribution is 6.30. The van der Waals surface area contributed by atoms with Crippen LogP contribution in [-0.2, 0) is 6.42 Å². The van der Waals surface area contributed by atoms with Crippen molar-refractivity contribution in [1.82, 2.24) is 0 Å². The third-order valence-corrected chi connectivity index (χ3v) is 2.52. The van der Waals surface area contributed by atoms with E-state index in [9.17, 15) is 5.11 Å². The topological polar surface area (TPSA) is 46.2 Å². The highest BCUT2D eigenvalue weighted by Gasteiger charge is 2.27. The van der Waals surface area contributed by atoms with Crippen LogP contribution in [0.15, 0.2) is 18.2 Å². The first-order valence-corrected chi connectivity index (χ1v) is 4.28. The molecule has 2 nitrogen and oxygen atoms in total. The van der Waals surface area contributed by atoms with Gasteiger partial charge in [-0.15, -0.1) is 0 Å². The van der Waals surface area contributed by atoms with Crippen molar-refractivity contribution in [2.24, 2.45) is 5.73 Å². The fraction of sp³-hybridized carbons (Fsp3) is 0.333. The molecule has 0 heterocycles. The number of hydrogen-bond acceptors (Lipinski definition) is 2. The summed E-state index contributed by atoms with van der Waals surface area (Å²) in [4.78, 5) is 0. The molecule has 2 rings (SSSR count). The van der Waals surface area contributed by atoms with Crippen LogP contribution in [0.25, 0.3) is 0 Å². The van der Waals surface area contributed by atoms with Crippen molar-refractivity contribution in [2.45, 2.75) is 18.6 Å². The standard InChI is InChI=1S/C9H10ClNO/c10-6-1-2-7-5(3-6)4-8(11)9(7)12/h1-3,8-9,12H,4,11H2. The van der Waals surface area contributed by atoms with E-state index in [2.05, 4.69) is 0 Å². The Bertz CT molecular complexity index is 313. The van der Waals surface area contributed by atoms with E-state index in [0.717, 1.165) is 17.5 Å². The molecule has 0 bridgehead atoms. The smallest absolute Gasteiger partial charge is 0.0946 e. The van der Waals surface area contributed by atoms with E-state index in [4.69, 9.17) is 17.3 Å². The van der Waals surface area contributed by atoms with Crippen molar-refractivity contribution >= 4 is 11.6 Å². The van der Waals surface area contributed by atoms with E-state index in [1.165, 1.54) is 0 Å². The summed E-state index contributed by atoms with van der Waals surface area (Å²) < 4.78 is 0. The molecule has 64 valence electrons. The zero-order valence-electron chi connectivity index (χ0n) is 6.50. The molecule has 1 aromatic carbocycles. The van der Waals surface area contributed by atoms with Gasteiger partial charge >= 0.3 is 0 Å². The number of hydrogen-bond donors (Lipinski definition) is 2. The molecule has 2 unspecified atom stereocenters. The summed E-state index contributed by atoms with van der Waals surface area (Å²) in [5.41, 5.74) is 7.68. The molecule has 3 heteroatoms. The summed E-state index contributed by atoms with van der Waals surface area (Å²) in [6, 6.07) is 5.32. The van der Waals surface area contributed by atoms with E-state index in [1.54, 1.807) is 6.07 Å². The van der Waals surface area contributed by atoms with Crippen LogP contribution in [0.3, 0.4) is 0 Å². The maximum absolute atomic E-state index is 9.57. The van der Waals surface area contributed by atoms with Crippen LogP contribution >= 0.6 is 11.6 Å². The summed E-state index contributed by atoms with van der Waals surface area (Å²) in [5.74, 6) is 0. The highest BCUT2D eigenvalue weighted by Crippen LogP contribution is 2.31. The normalized spacial score (nSPS) is 27.2. The van der Waals surface area contributed by atoms with Crippen LogP contribution in [0.5, 0.6) is 0 Å². The van der Waals surface area contributed by atoms with Crippen molar-refractivity contribution in [3.05, 3.63) is 34.3 Å². The SMILES string of the molecule is NC1Cc2cc(Cl)ccc2C1O. The van der Waals surface area contributed by atoms with Crippen LogP contribution in [0.1, 0.15) is 17.2 Å². The van der Waals surface area contributed by atoms with Crippen molar-refractivity contribution < 1.29 is 5.11 Å². The Hall–Kier alpha value is -0.570. The Morgan fingerprint density at radius 1 is 1.50 bits per heavy atom. The van der Waals surface area contributed by atoms with Crippen molar-refractivity contribution in [3.63, 3.8) is 0 Å². The third-order valence-electron chi connectivity index (χ3n) is 2.28. The number of fused-ring (bicyclic) bond motifs is 1. The van der Waals surface area contributed by atoms with Gasteiger partial charge in [0.25, 0.3) is 0 Å². The molecule has 3 N–H and O–H groups in total. The monoisotopic (exact) mass is 183 g/mol. The minimum absolute atomic E-state index is 0.168. The van der Waals surface area contributed by atoms with Crippen LogP contribution in [0.4, 0.5) is 0 Å². The molecule has 12 heavy (non-hydrogen) atoms. The van der Waals surface area contributed by atoms with Gasteiger partial charge in [0.1, 0.15) is 0 Å². The molecule has 1 aliphatic rings. The van der Waals surface area contributed by atoms with E-state index < -0.39 is 6.10 Å². The van der Waals surface area contributed by atoms with Gasteiger partial charge in [-0.1, -0.05) is 17.7 Å². The number of aliphatic hydroxyl groups is 1. The second-order valence-electron chi connectivity index (χ2n) is 3.16. The highest BCUT2D eigenvalue weighted by atomic mass is 35.5. The summed E-state index contributed by atoms with van der Waals surface area (Å²) in [6.07, 6.45) is 0.203. The Kier molecular flexibility index (Phi) is 1.83. The van der Waals surface area contributed by atoms with Crippen LogP contribution in [0.2, 0.25) is 5.02 Å². The largest absolute Gasteiger partial charge is 0.387 e. The maximum atomic E-state index is 9.57. The summed E-state index contributed by atoms with van der Waals surface area (Å²) in [5, 5.41) is 10.3. The lowest BCUT2D eigenvalue weighted by molar-refractivity contribution is 0.159. The van der Waals surface area contributed by atoms with Gasteiger partial charge in [-0.25, -0.2) is 0 Å². The first kappa shape index (κ1) is 8.05. The number of benzene rings is 1. The second kappa shape index (κ2) is 2.73. The Labute approximate surface area is 76.0 Å². The van der Waals surface area contributed by atoms with Gasteiger partial charge in [0.05, 0.1) is 6.10 Å². The first-order valence-electron chi connectivity index (χ1n) is 3.90. The lowest BCUT2D eigenvalue weighted by atomic mass is 10.1. The average molecular weight is 184 g/mol. The second-order valence-corrected chi connectivity index (χ2v) is 3.59. The molecule has 0 aliphatic heterocycles. The van der Waals surface area contributed by atoms with E-state index in [1.807, 2.05) is 12.1 Å². The van der Waals surface area contributed by atoms with Gasteiger partial charge in [0.15, 0.2) is 0 Å². The van der Waals surface area contributed by atoms with E-state index in [-0.39, 0.29) is 6.04 Å². The van der Waals surface area contributed by atoms with Gasteiger partial charge in [-0.3, -0.25) is 0 Å². The summed E-state index contributed by atoms with van der Waals surface area (Å²) >= 11 is 5.80. The Morgan fingerprint density at radius 3 is 3.00 bits per heavy atom. The predicted molar refractivity (Wildman–Crippen MR) is 48.1 cm³/mol. The van der Waals surface area contributed by atoms with Gasteiger partial charge in [0.2, 0.25) is 0 Å². The molecule has 0 aromatic heterocycles. The minimum Gasteiger partial charge on any atom is -0.387 e. The van der Waals surface area contributed by atoms with Gasteiger partial charge in [-0.2, -0.15) is 0 Å². The minimum atomic E-state index is -0.516. The fourth-order valence-corrected chi connectivity index (χ4v) is 1.83. The molecule has 0 amide bonds. The van der Waals surface area contributed by atoms with Crippen LogP contribution in [0, 0.1) is 0 Å². The molecule has 0 radical (unpaired) electrons. The zero-order valence-corrected chi connectivity index (χ0v) is 7.25. The Balaban J connectivity index is 2.47. The van der Waals surface area contributed by atoms with Crippen molar-refractivity contribution in [1.29, 1.82) is 0 Å². The Morgan fingerprint density at radius 2 is 2.25 bits per heavy atom. The molecule has 1 aliphatic carbocycles. The van der Waals surface area contributed by atoms with Crippen LogP contribution < -0.4 is 5.73 Å². The number of aliphatic hydroxyl groups excluding tert-OH is 1. The lowest BCUT2D eigenvalue weighted by Crippen LogP contribution is -2.24. The first-order chi connectivity index (χ1) is 5.68. The quantitative estimate of drug-likeness (QED) is 0.636. The number of halogens is 1. The molecule has 2 atom stereocenters. The summed E-state index contributed by atoms with van der Waals surface area (Å²) in [7, 11) is 0. The predicted octanol–water partition coefficient (Wildman–Crippen LogP) is 1.26. The molecular weight excluding hydrogens is 174 g/mol. The van der Waals surface area contributed by atoms with Gasteiger partial charge < -0.3 is 10.8 Å². The molecular formula is C9H10ClNO. The van der Waals surface area contributed by atoms with Crippen molar-refractivity contribution in [2.75, 3.05) is 0 Å². The van der Waals surface area contributed by atoms with E-state index in [0.29, 0.717) is 5.02 Å². The number of rotatable bonds is 0. The van der Waals surface area contributed by atoms with Crippen molar-refractivity contribution in [3.8, 4) is 0 Å². The van der Waals surface area contributed by atoms with Crippen LogP contribution in [-0.4, -0.2) is 11.1 Å². The summed E-state index contributed by atoms with van der Waals surface area (Å²) in [6.45, 7) is 0. The molecule has 0 spiro atoms. The maximum Gasteiger partial charge on any atom is 0.0946 e. The average Bonchev–Trinajstić information content (AvgIpc) is 2.28. The molecule has 1 aromatic rings. The molecule has 0 saturated carbocycles. The number of nitrogens with two attached hydrogens (primary N) is 1. The zero-order chi connectivity index (χ0) is 8.72. The van der Waals surface area contributed by atoms with Gasteiger partial charge in [0, 0.05) is 11.1 Å². The molecule has 0 fully saturated rings. The van der Waals surface area contributed by atoms with E-state index >= 15 is 0 Å². The lowest BCUT2D eigenvalue weighted by Gasteiger charge is -2.07. The van der Waals surface area contributed by atoms with Gasteiger partial charge in [-0.05, 0) is 29.7 Å².